The van der Waals surface area contributed by atoms with Crippen LogP contribution < -0.4 is 15.4 Å². The van der Waals surface area contributed by atoms with Gasteiger partial charge in [0.2, 0.25) is 0 Å². The van der Waals surface area contributed by atoms with Crippen LogP contribution in [0.25, 0.3) is 0 Å². The number of urea groups is 1. The number of alkyl halides is 2. The van der Waals surface area contributed by atoms with E-state index in [-0.39, 0.29) is 22.8 Å². The Hall–Kier alpha value is -1.56. The SMILES string of the molecule is CC(NC(=O)Nc1ccc(OC(F)F)c(Cl)c1)C1CC1. The second kappa shape index (κ2) is 6.26. The standard InChI is InChI=1S/C13H15ClF2N2O2/c1-7(8-2-3-8)17-13(19)18-9-4-5-11(10(14)6-9)20-12(15)16/h4-8,12H,2-3H2,1H3,(H2,17,18,19). The van der Waals surface area contributed by atoms with Crippen molar-refractivity contribution in [2.24, 2.45) is 5.92 Å². The van der Waals surface area contributed by atoms with Crippen LogP contribution in [0, 0.1) is 5.92 Å². The summed E-state index contributed by atoms with van der Waals surface area (Å²) < 4.78 is 28.4. The Balaban J connectivity index is 1.92. The van der Waals surface area contributed by atoms with Crippen LogP contribution in [0.5, 0.6) is 5.75 Å². The smallest absolute Gasteiger partial charge is 0.387 e. The van der Waals surface area contributed by atoms with Gasteiger partial charge in [0, 0.05) is 11.7 Å². The third-order valence-electron chi connectivity index (χ3n) is 3.09. The molecule has 1 aromatic rings. The molecule has 7 heteroatoms. The molecule has 1 atom stereocenters. The van der Waals surface area contributed by atoms with E-state index in [1.807, 2.05) is 6.92 Å². The number of carbonyl (C=O) groups excluding carboxylic acids is 1. The summed E-state index contributed by atoms with van der Waals surface area (Å²) in [6, 6.07) is 3.87. The summed E-state index contributed by atoms with van der Waals surface area (Å²) in [6.07, 6.45) is 2.26. The molecule has 1 aliphatic carbocycles. The molecule has 1 aromatic carbocycles. The number of halogens is 3. The lowest BCUT2D eigenvalue weighted by Crippen LogP contribution is -2.37. The molecular weight excluding hydrogens is 290 g/mol. The molecule has 20 heavy (non-hydrogen) atoms. The van der Waals surface area contributed by atoms with E-state index in [0.717, 1.165) is 12.8 Å². The van der Waals surface area contributed by atoms with Crippen molar-refractivity contribution in [3.05, 3.63) is 23.2 Å². The molecule has 1 aliphatic rings. The first-order valence-electron chi connectivity index (χ1n) is 6.27. The Morgan fingerprint density at radius 1 is 1.45 bits per heavy atom. The number of benzene rings is 1. The first-order valence-corrected chi connectivity index (χ1v) is 6.65. The zero-order valence-electron chi connectivity index (χ0n) is 10.8. The normalized spacial score (nSPS) is 15.8. The van der Waals surface area contributed by atoms with E-state index in [9.17, 15) is 13.6 Å². The minimum Gasteiger partial charge on any atom is -0.433 e. The maximum Gasteiger partial charge on any atom is 0.387 e. The summed E-state index contributed by atoms with van der Waals surface area (Å²) in [7, 11) is 0. The highest BCUT2D eigenvalue weighted by Gasteiger charge is 2.28. The molecule has 0 spiro atoms. The molecule has 0 saturated heterocycles. The average molecular weight is 305 g/mol. The Kier molecular flexibility index (Phi) is 4.65. The van der Waals surface area contributed by atoms with Crippen LogP contribution in [0.4, 0.5) is 19.3 Å². The fourth-order valence-corrected chi connectivity index (χ4v) is 2.08. The number of anilines is 1. The van der Waals surface area contributed by atoms with E-state index in [1.165, 1.54) is 18.2 Å². The summed E-state index contributed by atoms with van der Waals surface area (Å²) >= 11 is 5.79. The third kappa shape index (κ3) is 4.23. The molecule has 0 heterocycles. The monoisotopic (exact) mass is 304 g/mol. The van der Waals surface area contributed by atoms with Crippen molar-refractivity contribution in [1.82, 2.24) is 5.32 Å². The van der Waals surface area contributed by atoms with E-state index < -0.39 is 6.61 Å². The van der Waals surface area contributed by atoms with Gasteiger partial charge in [-0.05, 0) is 43.9 Å². The van der Waals surface area contributed by atoms with Gasteiger partial charge in [-0.25, -0.2) is 4.79 Å². The number of nitrogens with one attached hydrogen (secondary N) is 2. The van der Waals surface area contributed by atoms with Crippen molar-refractivity contribution in [3.63, 3.8) is 0 Å². The van der Waals surface area contributed by atoms with Crippen molar-refractivity contribution in [1.29, 1.82) is 0 Å². The number of hydrogen-bond acceptors (Lipinski definition) is 2. The number of amides is 2. The quantitative estimate of drug-likeness (QED) is 0.868. The van der Waals surface area contributed by atoms with Crippen molar-refractivity contribution < 1.29 is 18.3 Å². The van der Waals surface area contributed by atoms with Crippen LogP contribution in [0.15, 0.2) is 18.2 Å². The molecule has 1 saturated carbocycles. The molecule has 0 radical (unpaired) electrons. The fourth-order valence-electron chi connectivity index (χ4n) is 1.86. The fraction of sp³-hybridized carbons (Fsp3) is 0.462. The lowest BCUT2D eigenvalue weighted by molar-refractivity contribution is -0.0497. The van der Waals surface area contributed by atoms with Crippen LogP contribution >= 0.6 is 11.6 Å². The van der Waals surface area contributed by atoms with E-state index >= 15 is 0 Å². The van der Waals surface area contributed by atoms with Crippen LogP contribution in [0.3, 0.4) is 0 Å². The zero-order chi connectivity index (χ0) is 14.7. The van der Waals surface area contributed by atoms with Crippen molar-refractivity contribution in [2.45, 2.75) is 32.4 Å². The number of hydrogen-bond donors (Lipinski definition) is 2. The Morgan fingerprint density at radius 2 is 2.15 bits per heavy atom. The molecule has 2 rings (SSSR count). The Bertz CT molecular complexity index is 495. The highest BCUT2D eigenvalue weighted by atomic mass is 35.5. The molecule has 1 unspecified atom stereocenters. The van der Waals surface area contributed by atoms with Gasteiger partial charge in [-0.15, -0.1) is 0 Å². The first-order chi connectivity index (χ1) is 9.45. The van der Waals surface area contributed by atoms with Crippen LogP contribution in [0.2, 0.25) is 5.02 Å². The number of ether oxygens (including phenoxy) is 1. The van der Waals surface area contributed by atoms with Gasteiger partial charge in [-0.3, -0.25) is 0 Å². The van der Waals surface area contributed by atoms with Gasteiger partial charge < -0.3 is 15.4 Å². The molecule has 0 aromatic heterocycles. The number of carbonyl (C=O) groups is 1. The zero-order valence-corrected chi connectivity index (χ0v) is 11.6. The molecule has 110 valence electrons. The van der Waals surface area contributed by atoms with Gasteiger partial charge in [0.15, 0.2) is 0 Å². The van der Waals surface area contributed by atoms with Gasteiger partial charge in [-0.1, -0.05) is 11.6 Å². The average Bonchev–Trinajstić information content (AvgIpc) is 3.16. The van der Waals surface area contributed by atoms with Crippen LogP contribution in [0.1, 0.15) is 19.8 Å². The third-order valence-corrected chi connectivity index (χ3v) is 3.39. The van der Waals surface area contributed by atoms with E-state index in [2.05, 4.69) is 15.4 Å². The van der Waals surface area contributed by atoms with E-state index in [4.69, 9.17) is 11.6 Å². The minimum absolute atomic E-state index is 0.0124. The minimum atomic E-state index is -2.94. The van der Waals surface area contributed by atoms with E-state index in [0.29, 0.717) is 11.6 Å². The molecule has 0 aliphatic heterocycles. The number of rotatable bonds is 5. The van der Waals surface area contributed by atoms with Crippen molar-refractivity contribution >= 4 is 23.3 Å². The molecule has 1 fully saturated rings. The predicted molar refractivity (Wildman–Crippen MR) is 72.4 cm³/mol. The molecule has 4 nitrogen and oxygen atoms in total. The highest BCUT2D eigenvalue weighted by Crippen LogP contribution is 2.32. The summed E-state index contributed by atoms with van der Waals surface area (Å²) in [4.78, 5) is 11.7. The highest BCUT2D eigenvalue weighted by molar-refractivity contribution is 6.32. The lowest BCUT2D eigenvalue weighted by atomic mass is 10.2. The van der Waals surface area contributed by atoms with Gasteiger partial charge in [0.05, 0.1) is 5.02 Å². The molecule has 0 bridgehead atoms. The van der Waals surface area contributed by atoms with Crippen molar-refractivity contribution in [3.8, 4) is 5.75 Å². The maximum absolute atomic E-state index is 12.1. The second-order valence-electron chi connectivity index (χ2n) is 4.75. The topological polar surface area (TPSA) is 50.4 Å². The van der Waals surface area contributed by atoms with Gasteiger partial charge in [0.1, 0.15) is 5.75 Å². The summed E-state index contributed by atoms with van der Waals surface area (Å²) in [5, 5.41) is 5.42. The summed E-state index contributed by atoms with van der Waals surface area (Å²) in [6.45, 7) is -0.988. The van der Waals surface area contributed by atoms with Crippen LogP contribution in [-0.4, -0.2) is 18.7 Å². The van der Waals surface area contributed by atoms with Crippen molar-refractivity contribution in [2.75, 3.05) is 5.32 Å². The van der Waals surface area contributed by atoms with Gasteiger partial charge in [-0.2, -0.15) is 8.78 Å². The maximum atomic E-state index is 12.1. The first kappa shape index (κ1) is 14.8. The Labute approximate surface area is 120 Å². The largest absolute Gasteiger partial charge is 0.433 e. The molecular formula is C13H15ClF2N2O2. The lowest BCUT2D eigenvalue weighted by Gasteiger charge is -2.14. The van der Waals surface area contributed by atoms with E-state index in [1.54, 1.807) is 0 Å². The second-order valence-corrected chi connectivity index (χ2v) is 5.16. The molecule has 2 N–H and O–H groups in total. The van der Waals surface area contributed by atoms with Crippen LogP contribution in [-0.2, 0) is 0 Å². The summed E-state index contributed by atoms with van der Waals surface area (Å²) in [5.41, 5.74) is 0.414. The van der Waals surface area contributed by atoms with Gasteiger partial charge >= 0.3 is 12.6 Å². The molecule has 2 amide bonds. The summed E-state index contributed by atoms with van der Waals surface area (Å²) in [5.74, 6) is 0.421. The van der Waals surface area contributed by atoms with Gasteiger partial charge in [0.25, 0.3) is 0 Å². The Morgan fingerprint density at radius 3 is 2.70 bits per heavy atom. The predicted octanol–water partition coefficient (Wildman–Crippen LogP) is 3.86.